The van der Waals surface area contributed by atoms with Gasteiger partial charge in [-0.05, 0) is 37.2 Å². The van der Waals surface area contributed by atoms with Crippen LogP contribution in [0.3, 0.4) is 0 Å². The van der Waals surface area contributed by atoms with Crippen molar-refractivity contribution in [3.05, 3.63) is 29.8 Å². The van der Waals surface area contributed by atoms with Crippen LogP contribution in [-0.2, 0) is 11.3 Å². The summed E-state index contributed by atoms with van der Waals surface area (Å²) in [6.07, 6.45) is 0.0547. The van der Waals surface area contributed by atoms with Crippen molar-refractivity contribution in [2.75, 3.05) is 32.8 Å². The molecule has 2 rings (SSSR count). The normalized spacial score (nSPS) is 18.8. The van der Waals surface area contributed by atoms with Gasteiger partial charge in [-0.3, -0.25) is 4.79 Å². The summed E-state index contributed by atoms with van der Waals surface area (Å²) in [6, 6.07) is 7.50. The zero-order chi connectivity index (χ0) is 17.4. The summed E-state index contributed by atoms with van der Waals surface area (Å²) in [7, 11) is 0. The molecule has 0 spiro atoms. The van der Waals surface area contributed by atoms with Crippen molar-refractivity contribution in [1.82, 2.24) is 15.5 Å². The van der Waals surface area contributed by atoms with Crippen molar-refractivity contribution in [3.63, 3.8) is 0 Å². The Kier molecular flexibility index (Phi) is 12.6. The molecule has 1 aromatic rings. The molecular weight excluding hydrogens is 377 g/mol. The van der Waals surface area contributed by atoms with Gasteiger partial charge in [-0.15, -0.1) is 24.8 Å². The van der Waals surface area contributed by atoms with Gasteiger partial charge in [-0.1, -0.05) is 26.0 Å². The number of hydrogen-bond acceptors (Lipinski definition) is 5. The number of aliphatic hydroxyl groups excluding tert-OH is 1. The zero-order valence-electron chi connectivity index (χ0n) is 15.4. The Morgan fingerprint density at radius 1 is 1.27 bits per heavy atom. The number of β-amino-alcohol motifs (C(OH)–C–C–N with tert-alkyl or cyclic N) is 1. The third-order valence-electron chi connectivity index (χ3n) is 4.38. The Hall–Kier alpha value is -1.05. The van der Waals surface area contributed by atoms with Gasteiger partial charge in [0.15, 0.2) is 0 Å². The van der Waals surface area contributed by atoms with Crippen LogP contribution in [0.4, 0.5) is 0 Å². The van der Waals surface area contributed by atoms with Crippen molar-refractivity contribution >= 4 is 30.7 Å². The highest BCUT2D eigenvalue weighted by atomic mass is 35.5. The van der Waals surface area contributed by atoms with Crippen molar-refractivity contribution in [2.45, 2.75) is 39.0 Å². The zero-order valence-corrected chi connectivity index (χ0v) is 17.1. The lowest BCUT2D eigenvalue weighted by atomic mass is 10.1. The first kappa shape index (κ1) is 24.9. The second kappa shape index (κ2) is 13.2. The number of aliphatic hydroxyl groups is 1. The van der Waals surface area contributed by atoms with E-state index < -0.39 is 6.10 Å². The van der Waals surface area contributed by atoms with Gasteiger partial charge in [0.25, 0.3) is 0 Å². The third-order valence-corrected chi connectivity index (χ3v) is 4.38. The number of nitrogens with zero attached hydrogens (tertiary/aromatic N) is 1. The predicted octanol–water partition coefficient (Wildman–Crippen LogP) is 1.59. The van der Waals surface area contributed by atoms with Gasteiger partial charge in [0.05, 0.1) is 12.1 Å². The minimum absolute atomic E-state index is 0. The molecule has 1 aromatic carbocycles. The van der Waals surface area contributed by atoms with Crippen LogP contribution in [0, 0.1) is 0 Å². The summed E-state index contributed by atoms with van der Waals surface area (Å²) < 4.78 is 5.75. The van der Waals surface area contributed by atoms with Gasteiger partial charge in [0.2, 0.25) is 5.91 Å². The van der Waals surface area contributed by atoms with E-state index in [1.54, 1.807) is 0 Å². The Labute approximate surface area is 168 Å². The quantitative estimate of drug-likeness (QED) is 0.579. The smallest absolute Gasteiger partial charge is 0.237 e. The topological polar surface area (TPSA) is 73.8 Å². The van der Waals surface area contributed by atoms with Crippen molar-refractivity contribution in [3.8, 4) is 5.75 Å². The number of halogens is 2. The summed E-state index contributed by atoms with van der Waals surface area (Å²) in [6.45, 7) is 8.92. The number of benzene rings is 1. The highest BCUT2D eigenvalue weighted by Gasteiger charge is 2.27. The Morgan fingerprint density at radius 2 is 1.92 bits per heavy atom. The number of ether oxygens (including phenoxy) is 1. The standard InChI is InChI=1S/C18H29N3O3.2ClH/c1-3-21(4-2)9-10-24-16-7-5-14(6-8-16)12-20-18(23)17-11-15(22)13-19-17;;/h5-8,15,17,19,22H,3-4,9-13H2,1-2H3,(H,20,23);2*1H. The van der Waals surface area contributed by atoms with Gasteiger partial charge < -0.3 is 25.4 Å². The number of likely N-dealkylation sites (N-methyl/N-ethyl adjacent to an activating group) is 1. The van der Waals surface area contributed by atoms with Crippen molar-refractivity contribution in [1.29, 1.82) is 0 Å². The van der Waals surface area contributed by atoms with Crippen LogP contribution in [0.2, 0.25) is 0 Å². The molecule has 1 fully saturated rings. The molecule has 0 bridgehead atoms. The van der Waals surface area contributed by atoms with E-state index in [1.807, 2.05) is 24.3 Å². The molecule has 0 aliphatic carbocycles. The van der Waals surface area contributed by atoms with Crippen LogP contribution in [0.5, 0.6) is 5.75 Å². The van der Waals surface area contributed by atoms with E-state index >= 15 is 0 Å². The lowest BCUT2D eigenvalue weighted by Crippen LogP contribution is -2.39. The molecule has 1 saturated heterocycles. The first-order valence-electron chi connectivity index (χ1n) is 8.75. The summed E-state index contributed by atoms with van der Waals surface area (Å²) in [5, 5.41) is 15.3. The monoisotopic (exact) mass is 407 g/mol. The summed E-state index contributed by atoms with van der Waals surface area (Å²) in [4.78, 5) is 14.3. The summed E-state index contributed by atoms with van der Waals surface area (Å²) in [5.41, 5.74) is 1.03. The first-order valence-corrected chi connectivity index (χ1v) is 8.75. The number of carbonyl (C=O) groups excluding carboxylic acids is 1. The summed E-state index contributed by atoms with van der Waals surface area (Å²) >= 11 is 0. The largest absolute Gasteiger partial charge is 0.492 e. The van der Waals surface area contributed by atoms with E-state index in [0.29, 0.717) is 26.1 Å². The molecule has 1 aliphatic heterocycles. The van der Waals surface area contributed by atoms with E-state index in [2.05, 4.69) is 29.4 Å². The Balaban J connectivity index is 0.00000312. The minimum atomic E-state index is -0.423. The summed E-state index contributed by atoms with van der Waals surface area (Å²) in [5.74, 6) is 0.781. The molecule has 2 unspecified atom stereocenters. The van der Waals surface area contributed by atoms with E-state index in [1.165, 1.54) is 0 Å². The maximum absolute atomic E-state index is 12.0. The second-order valence-electron chi connectivity index (χ2n) is 6.09. The Morgan fingerprint density at radius 3 is 2.46 bits per heavy atom. The number of hydrogen-bond donors (Lipinski definition) is 3. The number of nitrogens with one attached hydrogen (secondary N) is 2. The minimum Gasteiger partial charge on any atom is -0.492 e. The maximum atomic E-state index is 12.0. The van der Waals surface area contributed by atoms with Crippen LogP contribution in [-0.4, -0.2) is 60.8 Å². The molecule has 1 amide bonds. The van der Waals surface area contributed by atoms with Crippen LogP contribution in [0.15, 0.2) is 24.3 Å². The van der Waals surface area contributed by atoms with Crippen LogP contribution in [0.25, 0.3) is 0 Å². The first-order chi connectivity index (χ1) is 11.6. The molecule has 0 aromatic heterocycles. The average molecular weight is 408 g/mol. The molecule has 1 aliphatic rings. The number of carbonyl (C=O) groups is 1. The van der Waals surface area contributed by atoms with Gasteiger partial charge >= 0.3 is 0 Å². The molecule has 8 heteroatoms. The molecule has 1 heterocycles. The Bertz CT molecular complexity index is 513. The van der Waals surface area contributed by atoms with Gasteiger partial charge in [0.1, 0.15) is 12.4 Å². The SMILES string of the molecule is CCN(CC)CCOc1ccc(CNC(=O)C2CC(O)CN2)cc1.Cl.Cl. The molecule has 2 atom stereocenters. The van der Waals surface area contributed by atoms with Crippen molar-refractivity contribution in [2.24, 2.45) is 0 Å². The fraction of sp³-hybridized carbons (Fsp3) is 0.611. The lowest BCUT2D eigenvalue weighted by molar-refractivity contribution is -0.123. The second-order valence-corrected chi connectivity index (χ2v) is 6.09. The van der Waals surface area contributed by atoms with Crippen LogP contribution < -0.4 is 15.4 Å². The maximum Gasteiger partial charge on any atom is 0.237 e. The third kappa shape index (κ3) is 8.10. The van der Waals surface area contributed by atoms with Crippen LogP contribution >= 0.6 is 24.8 Å². The highest BCUT2D eigenvalue weighted by Crippen LogP contribution is 2.12. The van der Waals surface area contributed by atoms with Gasteiger partial charge in [-0.25, -0.2) is 0 Å². The van der Waals surface area contributed by atoms with E-state index in [0.717, 1.165) is 30.9 Å². The number of rotatable bonds is 9. The van der Waals surface area contributed by atoms with E-state index in [-0.39, 0.29) is 36.8 Å². The van der Waals surface area contributed by atoms with E-state index in [4.69, 9.17) is 4.74 Å². The van der Waals surface area contributed by atoms with Crippen LogP contribution in [0.1, 0.15) is 25.8 Å². The lowest BCUT2D eigenvalue weighted by Gasteiger charge is -2.18. The number of amides is 1. The molecule has 0 radical (unpaired) electrons. The average Bonchev–Trinajstić information content (AvgIpc) is 3.04. The molecule has 6 nitrogen and oxygen atoms in total. The highest BCUT2D eigenvalue weighted by molar-refractivity contribution is 5.85. The van der Waals surface area contributed by atoms with E-state index in [9.17, 15) is 9.90 Å². The predicted molar refractivity (Wildman–Crippen MR) is 108 cm³/mol. The molecule has 0 saturated carbocycles. The fourth-order valence-electron chi connectivity index (χ4n) is 2.77. The molecule has 26 heavy (non-hydrogen) atoms. The van der Waals surface area contributed by atoms with Crippen molar-refractivity contribution < 1.29 is 14.6 Å². The molecule has 3 N–H and O–H groups in total. The fourth-order valence-corrected chi connectivity index (χ4v) is 2.77. The van der Waals surface area contributed by atoms with Gasteiger partial charge in [-0.2, -0.15) is 0 Å². The molecular formula is C18H31Cl2N3O3. The van der Waals surface area contributed by atoms with Gasteiger partial charge in [0, 0.05) is 19.6 Å². The molecule has 150 valence electrons.